The number of H-pyrrole nitrogens is 2. The number of amides is 4. The van der Waals surface area contributed by atoms with Crippen LogP contribution in [0.3, 0.4) is 0 Å². The zero-order valence-electron chi connectivity index (χ0n) is 30.5. The fourth-order valence-electron chi connectivity index (χ4n) is 6.29. The fourth-order valence-corrected chi connectivity index (χ4v) is 6.82. The number of piperidine rings is 2. The van der Waals surface area contributed by atoms with E-state index < -0.39 is 11.7 Å². The molecule has 7 N–H and O–H groups in total. The molecule has 2 aromatic rings. The molecule has 4 amide bonds. The van der Waals surface area contributed by atoms with E-state index in [1.54, 1.807) is 4.90 Å². The molecule has 6 rings (SSSR count). The quantitative estimate of drug-likeness (QED) is 0.186. The average Bonchev–Trinajstić information content (AvgIpc) is 4.01. The standard InChI is InChI=1S/C19H30ClN5O3.C15H22ClN5O3/c1-5-12-15(20)24-16(22-12)17(26)23-13-8-9-25(18(27)28-19(2,3)4)10-14(13)21-11-6-7-11;1-2-9-12(16)20-13(18-9)14(22)19-10-5-6-21(15(23)24)7-11(10)17-8-3-4-8/h11,13-14,21H,5-10H2,1-4H3,(H,22,24)(H,23,26);8,10-11,17H,2-7H2,1H3,(H,18,20)(H,19,22)(H,23,24). The minimum atomic E-state index is -0.923. The molecule has 0 spiro atoms. The summed E-state index contributed by atoms with van der Waals surface area (Å²) in [5.41, 5.74) is 0.950. The Kier molecular flexibility index (Phi) is 13.0. The van der Waals surface area contributed by atoms with Crippen LogP contribution >= 0.6 is 23.2 Å². The Bertz CT molecular complexity index is 1590. The molecule has 2 aliphatic carbocycles. The summed E-state index contributed by atoms with van der Waals surface area (Å²) in [4.78, 5) is 65.9. The lowest BCUT2D eigenvalue weighted by atomic mass is 9.99. The molecule has 4 aliphatic rings. The second kappa shape index (κ2) is 17.0. The van der Waals surface area contributed by atoms with Gasteiger partial charge in [0, 0.05) is 62.4 Å². The molecule has 288 valence electrons. The van der Waals surface area contributed by atoms with E-state index in [-0.39, 0.29) is 53.7 Å². The number of aryl methyl sites for hydroxylation is 2. The van der Waals surface area contributed by atoms with Gasteiger partial charge in [-0.05, 0) is 72.1 Å². The normalized spacial score (nSPS) is 23.4. The van der Waals surface area contributed by atoms with Crippen molar-refractivity contribution in [3.63, 3.8) is 0 Å². The van der Waals surface area contributed by atoms with Crippen molar-refractivity contribution in [3.8, 4) is 0 Å². The maximum atomic E-state index is 12.6. The van der Waals surface area contributed by atoms with Crippen LogP contribution in [0.15, 0.2) is 0 Å². The van der Waals surface area contributed by atoms with Crippen LogP contribution in [0.1, 0.15) is 106 Å². The van der Waals surface area contributed by atoms with E-state index in [0.29, 0.717) is 74.3 Å². The largest absolute Gasteiger partial charge is 0.465 e. The molecule has 2 saturated heterocycles. The summed E-state index contributed by atoms with van der Waals surface area (Å²) < 4.78 is 5.50. The van der Waals surface area contributed by atoms with Crippen molar-refractivity contribution in [2.45, 2.75) is 128 Å². The van der Waals surface area contributed by atoms with Gasteiger partial charge in [-0.15, -0.1) is 0 Å². The lowest BCUT2D eigenvalue weighted by Crippen LogP contribution is -2.61. The van der Waals surface area contributed by atoms with Crippen LogP contribution in [0, 0.1) is 0 Å². The molecule has 18 heteroatoms. The Balaban J connectivity index is 0.000000203. The van der Waals surface area contributed by atoms with Crippen molar-refractivity contribution in [1.29, 1.82) is 0 Å². The molecule has 2 saturated carbocycles. The summed E-state index contributed by atoms with van der Waals surface area (Å²) in [5, 5.41) is 22.9. The van der Waals surface area contributed by atoms with Gasteiger partial charge in [0.05, 0.1) is 11.4 Å². The van der Waals surface area contributed by atoms with Crippen molar-refractivity contribution in [3.05, 3.63) is 33.3 Å². The third kappa shape index (κ3) is 11.0. The molecular weight excluding hydrogens is 715 g/mol. The van der Waals surface area contributed by atoms with Crippen molar-refractivity contribution in [2.24, 2.45) is 0 Å². The highest BCUT2D eigenvalue weighted by atomic mass is 35.5. The zero-order valence-corrected chi connectivity index (χ0v) is 32.0. The van der Waals surface area contributed by atoms with Gasteiger partial charge < -0.3 is 50.9 Å². The van der Waals surface area contributed by atoms with E-state index in [4.69, 9.17) is 27.9 Å². The summed E-state index contributed by atoms with van der Waals surface area (Å²) in [6.07, 6.45) is 5.76. The summed E-state index contributed by atoms with van der Waals surface area (Å²) >= 11 is 12.0. The molecular formula is C34H52Cl2N10O6. The van der Waals surface area contributed by atoms with Gasteiger partial charge in [0.25, 0.3) is 11.8 Å². The minimum Gasteiger partial charge on any atom is -0.465 e. The highest BCUT2D eigenvalue weighted by molar-refractivity contribution is 6.30. The first-order chi connectivity index (χ1) is 24.6. The second-order valence-electron chi connectivity index (χ2n) is 14.9. The Labute approximate surface area is 313 Å². The van der Waals surface area contributed by atoms with Gasteiger partial charge in [-0.1, -0.05) is 37.0 Å². The van der Waals surface area contributed by atoms with E-state index in [1.165, 1.54) is 4.90 Å². The fraction of sp³-hybridized carbons (Fsp3) is 0.706. The number of halogens is 2. The van der Waals surface area contributed by atoms with E-state index in [1.807, 2.05) is 34.6 Å². The maximum absolute atomic E-state index is 12.6. The first kappa shape index (κ1) is 39.6. The van der Waals surface area contributed by atoms with Gasteiger partial charge in [-0.3, -0.25) is 9.59 Å². The molecule has 2 aliphatic heterocycles. The van der Waals surface area contributed by atoms with Crippen LogP contribution < -0.4 is 21.3 Å². The summed E-state index contributed by atoms with van der Waals surface area (Å²) in [6, 6.07) is 0.514. The number of carbonyl (C=O) groups is 4. The van der Waals surface area contributed by atoms with Crippen molar-refractivity contribution < 1.29 is 29.0 Å². The lowest BCUT2D eigenvalue weighted by Gasteiger charge is -2.39. The number of nitrogens with zero attached hydrogens (tertiary/aromatic N) is 4. The SMILES string of the molecule is CCc1[nH]c(C(=O)NC2CCN(C(=O)O)CC2NC2CC2)nc1Cl.CCc1[nH]c(C(=O)NC2CCN(C(=O)OC(C)(C)C)CC2NC2CC2)nc1Cl. The number of carbonyl (C=O) groups excluding carboxylic acids is 3. The Morgan fingerprint density at radius 2 is 1.17 bits per heavy atom. The molecule has 4 atom stereocenters. The molecule has 0 bridgehead atoms. The van der Waals surface area contributed by atoms with E-state index >= 15 is 0 Å². The van der Waals surface area contributed by atoms with Crippen LogP contribution in [0.5, 0.6) is 0 Å². The smallest absolute Gasteiger partial charge is 0.410 e. The number of hydrogen-bond donors (Lipinski definition) is 7. The molecule has 4 fully saturated rings. The number of aromatic nitrogens is 4. The number of imidazole rings is 2. The van der Waals surface area contributed by atoms with E-state index in [0.717, 1.165) is 37.1 Å². The average molecular weight is 768 g/mol. The van der Waals surface area contributed by atoms with Crippen LogP contribution in [-0.4, -0.2) is 127 Å². The number of hydrogen-bond acceptors (Lipinski definition) is 9. The van der Waals surface area contributed by atoms with Crippen molar-refractivity contribution >= 4 is 47.2 Å². The van der Waals surface area contributed by atoms with E-state index in [2.05, 4.69) is 41.2 Å². The molecule has 2 aromatic heterocycles. The second-order valence-corrected chi connectivity index (χ2v) is 15.6. The first-order valence-corrected chi connectivity index (χ1v) is 19.0. The molecule has 16 nitrogen and oxygen atoms in total. The van der Waals surface area contributed by atoms with Gasteiger partial charge in [0.1, 0.15) is 5.60 Å². The predicted octanol–water partition coefficient (Wildman–Crippen LogP) is 3.71. The number of nitrogens with one attached hydrogen (secondary N) is 6. The van der Waals surface area contributed by atoms with Crippen LogP contribution in [0.2, 0.25) is 10.3 Å². The first-order valence-electron chi connectivity index (χ1n) is 18.2. The molecule has 52 heavy (non-hydrogen) atoms. The third-order valence-corrected chi connectivity index (χ3v) is 10.1. The lowest BCUT2D eigenvalue weighted by molar-refractivity contribution is 0.0161. The van der Waals surface area contributed by atoms with Crippen molar-refractivity contribution in [2.75, 3.05) is 26.2 Å². The van der Waals surface area contributed by atoms with Crippen LogP contribution in [0.4, 0.5) is 9.59 Å². The van der Waals surface area contributed by atoms with Gasteiger partial charge in [-0.2, -0.15) is 0 Å². The molecule has 0 radical (unpaired) electrons. The van der Waals surface area contributed by atoms with Crippen LogP contribution in [-0.2, 0) is 17.6 Å². The third-order valence-electron chi connectivity index (χ3n) is 9.43. The van der Waals surface area contributed by atoms with Gasteiger partial charge in [-0.25, -0.2) is 19.6 Å². The van der Waals surface area contributed by atoms with Gasteiger partial charge >= 0.3 is 12.2 Å². The molecule has 4 heterocycles. The number of likely N-dealkylation sites (tertiary alicyclic amines) is 2. The van der Waals surface area contributed by atoms with Gasteiger partial charge in [0.15, 0.2) is 22.0 Å². The summed E-state index contributed by atoms with van der Waals surface area (Å²) in [7, 11) is 0. The zero-order chi connectivity index (χ0) is 37.7. The monoisotopic (exact) mass is 766 g/mol. The van der Waals surface area contributed by atoms with Crippen LogP contribution in [0.25, 0.3) is 0 Å². The number of rotatable bonds is 10. The molecule has 4 unspecified atom stereocenters. The summed E-state index contributed by atoms with van der Waals surface area (Å²) in [6.45, 7) is 11.3. The number of aromatic amines is 2. The highest BCUT2D eigenvalue weighted by Crippen LogP contribution is 2.25. The van der Waals surface area contributed by atoms with E-state index in [9.17, 15) is 24.3 Å². The minimum absolute atomic E-state index is 0.0335. The number of carboxylic acid groups (broad SMARTS) is 1. The Hall–Kier alpha value is -3.60. The van der Waals surface area contributed by atoms with Crippen molar-refractivity contribution in [1.82, 2.24) is 51.0 Å². The number of ether oxygens (including phenoxy) is 1. The Morgan fingerprint density at radius 1 is 0.750 bits per heavy atom. The predicted molar refractivity (Wildman–Crippen MR) is 195 cm³/mol. The Morgan fingerprint density at radius 3 is 1.54 bits per heavy atom. The highest BCUT2D eigenvalue weighted by Gasteiger charge is 2.38. The molecule has 0 aromatic carbocycles. The summed E-state index contributed by atoms with van der Waals surface area (Å²) in [5.74, 6) is -0.169. The topological polar surface area (TPSA) is 210 Å². The maximum Gasteiger partial charge on any atom is 0.410 e. The van der Waals surface area contributed by atoms with Gasteiger partial charge in [0.2, 0.25) is 0 Å².